The minimum absolute atomic E-state index is 0.0512. The van der Waals surface area contributed by atoms with Crippen LogP contribution >= 0.6 is 0 Å². The Morgan fingerprint density at radius 2 is 1.93 bits per heavy atom. The van der Waals surface area contributed by atoms with E-state index >= 15 is 0 Å². The van der Waals surface area contributed by atoms with E-state index in [1.165, 1.54) is 32.4 Å². The molecule has 0 aliphatic heterocycles. The maximum absolute atomic E-state index is 14.5. The summed E-state index contributed by atoms with van der Waals surface area (Å²) in [5.41, 5.74) is 3.33. The van der Waals surface area contributed by atoms with Crippen LogP contribution in [0.25, 0.3) is 11.2 Å². The molecule has 3 aromatic rings. The second kappa shape index (κ2) is 13.7. The number of nitrogens with zero attached hydrogens (tertiary/aromatic N) is 3. The molecule has 0 radical (unpaired) electrons. The molecule has 1 fully saturated rings. The van der Waals surface area contributed by atoms with E-state index in [0.717, 1.165) is 43.3 Å². The Labute approximate surface area is 237 Å². The summed E-state index contributed by atoms with van der Waals surface area (Å²) in [6.07, 6.45) is 12.5. The minimum Gasteiger partial charge on any atom is -0.494 e. The van der Waals surface area contributed by atoms with Gasteiger partial charge in [-0.15, -0.1) is 0 Å². The highest BCUT2D eigenvalue weighted by molar-refractivity contribution is 5.96. The number of anilines is 2. The van der Waals surface area contributed by atoms with Gasteiger partial charge in [0.05, 0.1) is 19.0 Å². The Bertz CT molecular complexity index is 1480. The Kier molecular flexibility index (Phi) is 9.83. The maximum Gasteiger partial charge on any atom is 0.251 e. The van der Waals surface area contributed by atoms with Crippen molar-refractivity contribution in [2.24, 2.45) is 0 Å². The third-order valence-corrected chi connectivity index (χ3v) is 7.19. The van der Waals surface area contributed by atoms with Crippen molar-refractivity contribution in [1.82, 2.24) is 25.0 Å². The Hall–Kier alpha value is -4.54. The van der Waals surface area contributed by atoms with Crippen LogP contribution in [0, 0.1) is 0 Å². The van der Waals surface area contributed by atoms with Gasteiger partial charge < -0.3 is 20.7 Å². The molecule has 1 aliphatic rings. The Morgan fingerprint density at radius 3 is 2.59 bits per heavy atom. The molecule has 11 heteroatoms. The van der Waals surface area contributed by atoms with Gasteiger partial charge in [0.1, 0.15) is 17.9 Å². The van der Waals surface area contributed by atoms with Crippen molar-refractivity contribution in [1.29, 1.82) is 0 Å². The number of aryl methyl sites for hydroxylation is 1. The molecular formula is C30H34F2N6O3. The van der Waals surface area contributed by atoms with Crippen LogP contribution in [0.4, 0.5) is 20.3 Å². The number of nitrogens with one attached hydrogen (secondary N) is 3. The predicted molar refractivity (Wildman–Crippen MR) is 154 cm³/mol. The van der Waals surface area contributed by atoms with E-state index in [-0.39, 0.29) is 29.3 Å². The fourth-order valence-corrected chi connectivity index (χ4v) is 4.98. The fraction of sp³-hybridized carbons (Fsp3) is 0.333. The van der Waals surface area contributed by atoms with E-state index in [2.05, 4.69) is 25.9 Å². The van der Waals surface area contributed by atoms with Crippen molar-refractivity contribution in [2.75, 3.05) is 12.4 Å². The number of imidazole rings is 1. The molecule has 3 N–H and O–H groups in total. The van der Waals surface area contributed by atoms with E-state index in [1.807, 2.05) is 19.1 Å². The molecule has 0 unspecified atom stereocenters. The summed E-state index contributed by atoms with van der Waals surface area (Å²) in [5.74, 6) is -0.202. The van der Waals surface area contributed by atoms with Crippen LogP contribution < -0.4 is 16.0 Å². The lowest BCUT2D eigenvalue weighted by molar-refractivity contribution is -0.110. The summed E-state index contributed by atoms with van der Waals surface area (Å²) in [7, 11) is 1.32. The van der Waals surface area contributed by atoms with Gasteiger partial charge in [-0.25, -0.2) is 18.7 Å². The summed E-state index contributed by atoms with van der Waals surface area (Å²) in [6, 6.07) is 5.75. The molecule has 2 aromatic heterocycles. The SMILES string of the molecule is CCc1cc(Nc2nccn3c(C(/C=C\C(=C\F)OC)=C(/C)F)cnc23)ccc1C(=O)NC1CCC(NC=O)CC1. The highest BCUT2D eigenvalue weighted by Crippen LogP contribution is 2.27. The van der Waals surface area contributed by atoms with Crippen LogP contribution in [-0.2, 0) is 16.0 Å². The van der Waals surface area contributed by atoms with Gasteiger partial charge in [0.2, 0.25) is 6.41 Å². The van der Waals surface area contributed by atoms with E-state index in [0.29, 0.717) is 35.5 Å². The van der Waals surface area contributed by atoms with Crippen LogP contribution in [0.15, 0.2) is 66.9 Å². The third-order valence-electron chi connectivity index (χ3n) is 7.19. The first-order valence-corrected chi connectivity index (χ1v) is 13.5. The first-order chi connectivity index (χ1) is 19.9. The minimum atomic E-state index is -0.476. The average Bonchev–Trinajstić information content (AvgIpc) is 3.41. The topological polar surface area (TPSA) is 110 Å². The normalized spacial score (nSPS) is 18.2. The van der Waals surface area contributed by atoms with Crippen LogP contribution in [0.5, 0.6) is 0 Å². The predicted octanol–water partition coefficient (Wildman–Crippen LogP) is 5.54. The largest absolute Gasteiger partial charge is 0.494 e. The zero-order chi connectivity index (χ0) is 29.4. The summed E-state index contributed by atoms with van der Waals surface area (Å²) >= 11 is 0. The van der Waals surface area contributed by atoms with Crippen LogP contribution in [-0.4, -0.2) is 45.9 Å². The summed E-state index contributed by atoms with van der Waals surface area (Å²) in [5, 5.41) is 9.23. The molecule has 0 saturated heterocycles. The number of benzene rings is 1. The first-order valence-electron chi connectivity index (χ1n) is 13.5. The molecular weight excluding hydrogens is 530 g/mol. The van der Waals surface area contributed by atoms with Crippen molar-refractivity contribution in [2.45, 2.75) is 58.0 Å². The standard InChI is InChI=1S/C30H34F2N6O3/c1-4-20-15-23(9-11-26(20)30(40)37-22-7-5-21(6-8-22)35-18-39)36-28-29-34-17-27(38(29)14-13-33-28)25(19(2)32)12-10-24(16-31)41-3/h9-18,21-22H,4-8H2,1-3H3,(H,33,36)(H,35,39)(H,37,40)/b12-10-,24-16-,25-19-. The first kappa shape index (κ1) is 29.4. The highest BCUT2D eigenvalue weighted by Gasteiger charge is 2.23. The molecule has 4 rings (SSSR count). The van der Waals surface area contributed by atoms with Gasteiger partial charge in [-0.3, -0.25) is 14.0 Å². The molecule has 2 amide bonds. The van der Waals surface area contributed by atoms with E-state index < -0.39 is 5.83 Å². The van der Waals surface area contributed by atoms with Gasteiger partial charge in [-0.1, -0.05) is 6.92 Å². The third kappa shape index (κ3) is 6.97. The lowest BCUT2D eigenvalue weighted by Crippen LogP contribution is -2.42. The Balaban J connectivity index is 1.53. The van der Waals surface area contributed by atoms with Crippen molar-refractivity contribution in [3.63, 3.8) is 0 Å². The molecule has 41 heavy (non-hydrogen) atoms. The van der Waals surface area contributed by atoms with Crippen LogP contribution in [0.3, 0.4) is 0 Å². The molecule has 2 heterocycles. The lowest BCUT2D eigenvalue weighted by atomic mass is 9.91. The number of carbonyl (C=O) groups is 2. The average molecular weight is 565 g/mol. The number of hydrogen-bond donors (Lipinski definition) is 3. The van der Waals surface area contributed by atoms with Crippen LogP contribution in [0.1, 0.15) is 61.1 Å². The number of allylic oxidation sites excluding steroid dienone is 4. The Morgan fingerprint density at radius 1 is 1.17 bits per heavy atom. The molecule has 1 aromatic carbocycles. The highest BCUT2D eigenvalue weighted by atomic mass is 19.1. The fourth-order valence-electron chi connectivity index (χ4n) is 4.98. The van der Waals surface area contributed by atoms with Gasteiger partial charge in [0.15, 0.2) is 11.5 Å². The van der Waals surface area contributed by atoms with Gasteiger partial charge in [-0.05, 0) is 74.9 Å². The van der Waals surface area contributed by atoms with E-state index in [4.69, 9.17) is 4.74 Å². The van der Waals surface area contributed by atoms with Gasteiger partial charge in [-0.2, -0.15) is 0 Å². The number of halogens is 2. The molecule has 1 saturated carbocycles. The lowest BCUT2D eigenvalue weighted by Gasteiger charge is -2.29. The number of methoxy groups -OCH3 is 1. The van der Waals surface area contributed by atoms with Gasteiger partial charge >= 0.3 is 0 Å². The number of aromatic nitrogens is 3. The molecule has 216 valence electrons. The maximum atomic E-state index is 14.5. The number of amides is 2. The molecule has 0 atom stereocenters. The van der Waals surface area contributed by atoms with Gasteiger partial charge in [0.25, 0.3) is 5.91 Å². The zero-order valence-corrected chi connectivity index (χ0v) is 23.3. The number of carbonyl (C=O) groups excluding carboxylic acids is 2. The number of hydrogen-bond acceptors (Lipinski definition) is 6. The molecule has 1 aliphatic carbocycles. The quantitative estimate of drug-likeness (QED) is 0.160. The summed E-state index contributed by atoms with van der Waals surface area (Å²) < 4.78 is 34.0. The monoisotopic (exact) mass is 564 g/mol. The van der Waals surface area contributed by atoms with Crippen LogP contribution in [0.2, 0.25) is 0 Å². The zero-order valence-electron chi connectivity index (χ0n) is 23.3. The van der Waals surface area contributed by atoms with E-state index in [9.17, 15) is 18.4 Å². The van der Waals surface area contributed by atoms with Crippen molar-refractivity contribution in [3.8, 4) is 0 Å². The summed E-state index contributed by atoms with van der Waals surface area (Å²) in [6.45, 7) is 3.30. The molecule has 0 spiro atoms. The molecule has 9 nitrogen and oxygen atoms in total. The van der Waals surface area contributed by atoms with Crippen molar-refractivity contribution in [3.05, 3.63) is 83.7 Å². The second-order valence-corrected chi connectivity index (χ2v) is 9.77. The van der Waals surface area contributed by atoms with Gasteiger partial charge in [0, 0.05) is 41.3 Å². The van der Waals surface area contributed by atoms with E-state index in [1.54, 1.807) is 22.9 Å². The molecule has 0 bridgehead atoms. The second-order valence-electron chi connectivity index (χ2n) is 9.77. The van der Waals surface area contributed by atoms with Crippen molar-refractivity contribution >= 4 is 35.0 Å². The van der Waals surface area contributed by atoms with Crippen molar-refractivity contribution < 1.29 is 23.1 Å². The number of fused-ring (bicyclic) bond motifs is 1. The number of rotatable bonds is 11. The summed E-state index contributed by atoms with van der Waals surface area (Å²) in [4.78, 5) is 32.7. The number of ether oxygens (including phenoxy) is 1. The smallest absolute Gasteiger partial charge is 0.251 e.